The van der Waals surface area contributed by atoms with Gasteiger partial charge in [0.1, 0.15) is 24.9 Å². The molecule has 2 atom stereocenters. The third-order valence-corrected chi connectivity index (χ3v) is 9.22. The molecule has 1 aliphatic carbocycles. The lowest BCUT2D eigenvalue weighted by atomic mass is 9.73. The first-order chi connectivity index (χ1) is 18.0. The molecule has 1 aromatic heterocycles. The molecule has 0 radical (unpaired) electrons. The molecule has 2 N–H and O–H groups in total. The normalized spacial score (nSPS) is 27.7. The van der Waals surface area contributed by atoms with Crippen LogP contribution in [0.4, 0.5) is 0 Å². The minimum atomic E-state index is -1.19. The predicted molar refractivity (Wildman–Crippen MR) is 140 cm³/mol. The van der Waals surface area contributed by atoms with E-state index in [9.17, 15) is 10.2 Å². The number of aromatic nitrogens is 1. The molecular weight excluding hydrogens is 464 g/mol. The van der Waals surface area contributed by atoms with Crippen molar-refractivity contribution in [2.45, 2.75) is 69.8 Å². The summed E-state index contributed by atoms with van der Waals surface area (Å²) in [7, 11) is 0. The van der Waals surface area contributed by atoms with Gasteiger partial charge in [-0.3, -0.25) is 0 Å². The Hall–Kier alpha value is -2.67. The molecule has 6 nitrogen and oxygen atoms in total. The first kappa shape index (κ1) is 24.7. The molecule has 4 heterocycles. The molecule has 0 amide bonds. The van der Waals surface area contributed by atoms with Gasteiger partial charge in [-0.1, -0.05) is 61.7 Å². The van der Waals surface area contributed by atoms with Crippen molar-refractivity contribution in [2.24, 2.45) is 11.8 Å². The summed E-state index contributed by atoms with van der Waals surface area (Å²) >= 11 is 0. The van der Waals surface area contributed by atoms with Gasteiger partial charge in [0.25, 0.3) is 0 Å². The van der Waals surface area contributed by atoms with Gasteiger partial charge in [-0.05, 0) is 36.1 Å². The van der Waals surface area contributed by atoms with E-state index < -0.39 is 5.60 Å². The van der Waals surface area contributed by atoms with E-state index >= 15 is 0 Å². The summed E-state index contributed by atoms with van der Waals surface area (Å²) < 4.78 is 13.8. The molecule has 4 fully saturated rings. The van der Waals surface area contributed by atoms with E-state index in [1.54, 1.807) is 12.1 Å². The van der Waals surface area contributed by atoms with Crippen molar-refractivity contribution in [3.05, 3.63) is 83.6 Å². The van der Waals surface area contributed by atoms with E-state index in [0.29, 0.717) is 18.4 Å². The lowest BCUT2D eigenvalue weighted by Gasteiger charge is -2.52. The molecule has 3 aliphatic heterocycles. The maximum Gasteiger partial charge on any atom is 0.231 e. The van der Waals surface area contributed by atoms with Gasteiger partial charge in [0, 0.05) is 24.7 Å². The first-order valence-electron chi connectivity index (χ1n) is 14.0. The van der Waals surface area contributed by atoms with Crippen LogP contribution in [-0.4, -0.2) is 45.4 Å². The van der Waals surface area contributed by atoms with Crippen LogP contribution in [0.25, 0.3) is 0 Å². The maximum atomic E-state index is 12.2. The minimum Gasteiger partial charge on any atom is -0.508 e. The van der Waals surface area contributed by atoms with Crippen molar-refractivity contribution in [3.8, 4) is 5.75 Å². The van der Waals surface area contributed by atoms with E-state index in [4.69, 9.17) is 14.1 Å². The standard InChI is InChI=1S/C31H38N2O4/c34-27-13-11-23(12-14-27)22-36-29-21-33(17-15-24(29)16-18-33)20-28-19-32-30(37-28)31(35,25-7-3-1-4-8-25)26-9-5-2-6-10-26/h1,3-4,7-8,11-14,19,24,26,29,35H,2,5-6,9-10,15-18,20-22H2/p+1/t24?,29-,31-,33?/m0/s1. The molecule has 2 aromatic carbocycles. The molecule has 3 saturated heterocycles. The van der Waals surface area contributed by atoms with E-state index in [-0.39, 0.29) is 17.8 Å². The summed E-state index contributed by atoms with van der Waals surface area (Å²) in [5, 5.41) is 21.7. The smallest absolute Gasteiger partial charge is 0.231 e. The number of piperidine rings is 3. The Kier molecular flexibility index (Phi) is 6.82. The van der Waals surface area contributed by atoms with Gasteiger partial charge in [-0.2, -0.15) is 0 Å². The van der Waals surface area contributed by atoms with Gasteiger partial charge in [-0.25, -0.2) is 4.98 Å². The zero-order valence-corrected chi connectivity index (χ0v) is 21.6. The van der Waals surface area contributed by atoms with Crippen LogP contribution in [-0.2, 0) is 23.5 Å². The average Bonchev–Trinajstić information content (AvgIpc) is 3.42. The fourth-order valence-corrected chi connectivity index (χ4v) is 7.06. The van der Waals surface area contributed by atoms with Crippen LogP contribution in [0.1, 0.15) is 67.7 Å². The Bertz CT molecular complexity index is 1160. The van der Waals surface area contributed by atoms with Crippen molar-refractivity contribution in [1.82, 2.24) is 4.98 Å². The number of oxazole rings is 1. The van der Waals surface area contributed by atoms with Crippen LogP contribution >= 0.6 is 0 Å². The molecule has 37 heavy (non-hydrogen) atoms. The van der Waals surface area contributed by atoms with Crippen LogP contribution in [0, 0.1) is 11.8 Å². The molecule has 196 valence electrons. The predicted octanol–water partition coefficient (Wildman–Crippen LogP) is 5.52. The zero-order chi connectivity index (χ0) is 25.3. The molecular formula is C31H39N2O4+. The molecule has 2 bridgehead atoms. The van der Waals surface area contributed by atoms with Crippen molar-refractivity contribution in [2.75, 3.05) is 19.6 Å². The third-order valence-electron chi connectivity index (χ3n) is 9.22. The van der Waals surface area contributed by atoms with Crippen LogP contribution < -0.4 is 0 Å². The topological polar surface area (TPSA) is 75.7 Å². The highest BCUT2D eigenvalue weighted by Crippen LogP contribution is 2.44. The Morgan fingerprint density at radius 2 is 1.68 bits per heavy atom. The highest BCUT2D eigenvalue weighted by atomic mass is 16.5. The number of phenolic OH excluding ortho intramolecular Hbond substituents is 1. The Morgan fingerprint density at radius 3 is 2.41 bits per heavy atom. The number of hydrogen-bond acceptors (Lipinski definition) is 5. The number of aromatic hydroxyl groups is 1. The number of fused-ring (bicyclic) bond motifs is 3. The molecule has 3 aromatic rings. The van der Waals surface area contributed by atoms with Gasteiger partial charge in [0.2, 0.25) is 5.89 Å². The summed E-state index contributed by atoms with van der Waals surface area (Å²) in [6.07, 6.45) is 9.90. The van der Waals surface area contributed by atoms with E-state index in [0.717, 1.165) is 86.1 Å². The number of ether oxygens (including phenoxy) is 1. The molecule has 0 spiro atoms. The number of nitrogens with zero attached hydrogens (tertiary/aromatic N) is 2. The Balaban J connectivity index is 1.19. The fourth-order valence-electron chi connectivity index (χ4n) is 7.06. The maximum absolute atomic E-state index is 12.2. The second-order valence-electron chi connectivity index (χ2n) is 11.6. The number of quaternary nitrogens is 1. The van der Waals surface area contributed by atoms with Gasteiger partial charge in [0.15, 0.2) is 11.4 Å². The lowest BCUT2D eigenvalue weighted by molar-refractivity contribution is -0.959. The van der Waals surface area contributed by atoms with Gasteiger partial charge < -0.3 is 23.9 Å². The molecule has 4 aliphatic rings. The van der Waals surface area contributed by atoms with E-state index in [2.05, 4.69) is 0 Å². The van der Waals surface area contributed by atoms with Crippen molar-refractivity contribution in [3.63, 3.8) is 0 Å². The summed E-state index contributed by atoms with van der Waals surface area (Å²) in [4.78, 5) is 4.71. The van der Waals surface area contributed by atoms with E-state index in [1.807, 2.05) is 48.7 Å². The van der Waals surface area contributed by atoms with Crippen molar-refractivity contribution in [1.29, 1.82) is 0 Å². The molecule has 0 unspecified atom stereocenters. The van der Waals surface area contributed by atoms with Gasteiger partial charge in [0.05, 0.1) is 25.9 Å². The quantitative estimate of drug-likeness (QED) is 0.396. The minimum absolute atomic E-state index is 0.116. The Labute approximate surface area is 219 Å². The molecule has 6 heteroatoms. The third kappa shape index (κ3) is 4.95. The second-order valence-corrected chi connectivity index (χ2v) is 11.6. The molecule has 1 saturated carbocycles. The van der Waals surface area contributed by atoms with Crippen molar-refractivity contribution >= 4 is 0 Å². The highest BCUT2D eigenvalue weighted by molar-refractivity contribution is 5.30. The Morgan fingerprint density at radius 1 is 0.946 bits per heavy atom. The summed E-state index contributed by atoms with van der Waals surface area (Å²) in [6.45, 7) is 4.59. The average molecular weight is 504 g/mol. The number of aliphatic hydroxyl groups is 1. The SMILES string of the molecule is Oc1ccc(CO[C@H]2C[N+]3(Cc4cnc([C@](O)(c5ccccc5)C5CCCCC5)o4)CCC2CC3)cc1. The van der Waals surface area contributed by atoms with Crippen molar-refractivity contribution < 1.29 is 23.9 Å². The second kappa shape index (κ2) is 10.2. The molecule has 7 rings (SSSR count). The number of benzene rings is 2. The van der Waals surface area contributed by atoms with Crippen LogP contribution in [0.3, 0.4) is 0 Å². The number of hydrogen-bond donors (Lipinski definition) is 2. The number of phenols is 1. The largest absolute Gasteiger partial charge is 0.508 e. The monoisotopic (exact) mass is 503 g/mol. The number of rotatable bonds is 8. The van der Waals surface area contributed by atoms with Crippen LogP contribution in [0.2, 0.25) is 0 Å². The van der Waals surface area contributed by atoms with Crippen LogP contribution in [0.5, 0.6) is 5.75 Å². The van der Waals surface area contributed by atoms with Gasteiger partial charge >= 0.3 is 0 Å². The summed E-state index contributed by atoms with van der Waals surface area (Å²) in [6, 6.07) is 17.3. The fraction of sp³-hybridized carbons (Fsp3) is 0.516. The lowest BCUT2D eigenvalue weighted by Crippen LogP contribution is -2.63. The zero-order valence-electron chi connectivity index (χ0n) is 21.6. The summed E-state index contributed by atoms with van der Waals surface area (Å²) in [5.41, 5.74) is 0.775. The van der Waals surface area contributed by atoms with Crippen LogP contribution in [0.15, 0.2) is 65.2 Å². The van der Waals surface area contributed by atoms with Gasteiger partial charge in [-0.15, -0.1) is 0 Å². The highest BCUT2D eigenvalue weighted by Gasteiger charge is 2.48. The first-order valence-corrected chi connectivity index (χ1v) is 14.0. The van der Waals surface area contributed by atoms with E-state index in [1.165, 1.54) is 6.42 Å². The summed E-state index contributed by atoms with van der Waals surface area (Å²) in [5.74, 6) is 2.32.